The maximum Gasteiger partial charge on any atom is 0.0991 e. The lowest BCUT2D eigenvalue weighted by Gasteiger charge is -2.29. The zero-order chi connectivity index (χ0) is 18.2. The van der Waals surface area contributed by atoms with E-state index >= 15 is 0 Å². The third kappa shape index (κ3) is 5.73. The summed E-state index contributed by atoms with van der Waals surface area (Å²) in [5.41, 5.74) is 3.78. The topological polar surface area (TPSA) is 23.8 Å². The molecule has 0 bridgehead atoms. The van der Waals surface area contributed by atoms with Crippen LogP contribution in [0.15, 0.2) is 35.9 Å². The van der Waals surface area contributed by atoms with Crippen LogP contribution in [0.1, 0.15) is 88.7 Å². The lowest BCUT2D eigenvalue weighted by molar-refractivity contribution is 0.241. The van der Waals surface area contributed by atoms with Gasteiger partial charge in [0.1, 0.15) is 0 Å². The van der Waals surface area contributed by atoms with Crippen molar-refractivity contribution in [3.8, 4) is 6.07 Å². The van der Waals surface area contributed by atoms with Gasteiger partial charge in [0, 0.05) is 0 Å². The van der Waals surface area contributed by atoms with Crippen LogP contribution in [-0.2, 0) is 6.42 Å². The van der Waals surface area contributed by atoms with Crippen LogP contribution in [0.3, 0.4) is 0 Å². The van der Waals surface area contributed by atoms with Crippen molar-refractivity contribution in [2.75, 3.05) is 0 Å². The van der Waals surface area contributed by atoms with Gasteiger partial charge < -0.3 is 0 Å². The first-order chi connectivity index (χ1) is 12.8. The molecule has 1 aromatic rings. The fourth-order valence-electron chi connectivity index (χ4n) is 4.88. The number of hydrogen-bond donors (Lipinski definition) is 0. The van der Waals surface area contributed by atoms with E-state index < -0.39 is 0 Å². The van der Waals surface area contributed by atoms with Crippen molar-refractivity contribution >= 4 is 0 Å². The van der Waals surface area contributed by atoms with Gasteiger partial charge in [-0.1, -0.05) is 69.2 Å². The van der Waals surface area contributed by atoms with Crippen LogP contribution in [0, 0.1) is 29.1 Å². The maximum atomic E-state index is 8.88. The second-order valence-electron chi connectivity index (χ2n) is 8.68. The highest BCUT2D eigenvalue weighted by Gasteiger charge is 2.21. The minimum atomic E-state index is 0.761. The molecule has 2 aliphatic carbocycles. The largest absolute Gasteiger partial charge is 0.192 e. The summed E-state index contributed by atoms with van der Waals surface area (Å²) < 4.78 is 0. The lowest BCUT2D eigenvalue weighted by atomic mass is 9.76. The van der Waals surface area contributed by atoms with Crippen molar-refractivity contribution in [2.24, 2.45) is 17.8 Å². The van der Waals surface area contributed by atoms with Gasteiger partial charge >= 0.3 is 0 Å². The van der Waals surface area contributed by atoms with E-state index in [1.807, 2.05) is 12.1 Å². The van der Waals surface area contributed by atoms with Crippen LogP contribution in [0.2, 0.25) is 0 Å². The second-order valence-corrected chi connectivity index (χ2v) is 8.68. The molecule has 1 atom stereocenters. The summed E-state index contributed by atoms with van der Waals surface area (Å²) in [6, 6.07) is 10.3. The van der Waals surface area contributed by atoms with E-state index in [0.717, 1.165) is 29.7 Å². The number of allylic oxidation sites excluding steroid dienone is 2. The van der Waals surface area contributed by atoms with Gasteiger partial charge in [-0.25, -0.2) is 0 Å². The number of benzene rings is 1. The summed E-state index contributed by atoms with van der Waals surface area (Å²) in [6.45, 7) is 2.36. The predicted molar refractivity (Wildman–Crippen MR) is 110 cm³/mol. The normalized spacial score (nSPS) is 26.2. The average molecular weight is 350 g/mol. The van der Waals surface area contributed by atoms with Crippen LogP contribution in [0.4, 0.5) is 0 Å². The molecule has 0 spiro atoms. The second kappa shape index (κ2) is 9.96. The van der Waals surface area contributed by atoms with E-state index in [0.29, 0.717) is 0 Å². The number of aryl methyl sites for hydroxylation is 1. The third-order valence-corrected chi connectivity index (χ3v) is 6.96. The number of nitriles is 1. The Morgan fingerprint density at radius 3 is 2.19 bits per heavy atom. The molecule has 1 saturated carbocycles. The van der Waals surface area contributed by atoms with E-state index in [1.54, 1.807) is 5.57 Å². The Kier molecular flexibility index (Phi) is 7.36. The SMILES string of the molecule is CC[C@H]1CC[C@H](CCC2CC=C(CCc3ccc(C#N)cc3)CC2)CC1. The molecule has 0 N–H and O–H groups in total. The molecule has 3 rings (SSSR count). The Morgan fingerprint density at radius 1 is 0.885 bits per heavy atom. The molecule has 2 aliphatic rings. The highest BCUT2D eigenvalue weighted by atomic mass is 14.3. The van der Waals surface area contributed by atoms with Crippen LogP contribution in [0.5, 0.6) is 0 Å². The molecule has 0 aromatic heterocycles. The molecular weight excluding hydrogens is 314 g/mol. The lowest BCUT2D eigenvalue weighted by Crippen LogP contribution is -2.15. The molecule has 1 unspecified atom stereocenters. The molecule has 0 aliphatic heterocycles. The van der Waals surface area contributed by atoms with Crippen molar-refractivity contribution in [2.45, 2.75) is 84.0 Å². The van der Waals surface area contributed by atoms with Crippen LogP contribution in [-0.4, -0.2) is 0 Å². The zero-order valence-corrected chi connectivity index (χ0v) is 16.6. The van der Waals surface area contributed by atoms with Gasteiger partial charge in [0.25, 0.3) is 0 Å². The van der Waals surface area contributed by atoms with Crippen molar-refractivity contribution < 1.29 is 0 Å². The minimum absolute atomic E-state index is 0.761. The van der Waals surface area contributed by atoms with Crippen molar-refractivity contribution in [3.05, 3.63) is 47.0 Å². The Balaban J connectivity index is 1.35. The third-order valence-electron chi connectivity index (χ3n) is 6.96. The highest BCUT2D eigenvalue weighted by molar-refractivity contribution is 5.31. The average Bonchev–Trinajstić information content (AvgIpc) is 2.72. The van der Waals surface area contributed by atoms with E-state index in [2.05, 4.69) is 31.2 Å². The minimum Gasteiger partial charge on any atom is -0.192 e. The monoisotopic (exact) mass is 349 g/mol. The maximum absolute atomic E-state index is 8.88. The Bertz CT molecular complexity index is 611. The Morgan fingerprint density at radius 2 is 1.58 bits per heavy atom. The summed E-state index contributed by atoms with van der Waals surface area (Å²) in [4.78, 5) is 0. The number of nitrogens with zero attached hydrogens (tertiary/aromatic N) is 1. The van der Waals surface area contributed by atoms with Crippen molar-refractivity contribution in [1.29, 1.82) is 5.26 Å². The van der Waals surface area contributed by atoms with E-state index in [1.165, 1.54) is 76.2 Å². The standard InChI is InChI=1S/C25H35N/c1-2-20-3-5-21(6-4-20)7-8-22-9-11-23(12-10-22)13-14-24-15-17-25(19-26)18-16-24/h11,15-18,20-22H,2-10,12-14H2,1H3/t20-,21-,22?. The highest BCUT2D eigenvalue weighted by Crippen LogP contribution is 2.36. The number of rotatable bonds is 7. The van der Waals surface area contributed by atoms with Gasteiger partial charge in [0.05, 0.1) is 11.6 Å². The van der Waals surface area contributed by atoms with Gasteiger partial charge in [-0.2, -0.15) is 5.26 Å². The Hall–Kier alpha value is -1.55. The van der Waals surface area contributed by atoms with Crippen LogP contribution in [0.25, 0.3) is 0 Å². The fourth-order valence-corrected chi connectivity index (χ4v) is 4.88. The molecule has 0 heterocycles. The van der Waals surface area contributed by atoms with Crippen LogP contribution < -0.4 is 0 Å². The Labute approximate surface area is 160 Å². The molecule has 0 amide bonds. The summed E-state index contributed by atoms with van der Waals surface area (Å²) >= 11 is 0. The molecule has 26 heavy (non-hydrogen) atoms. The summed E-state index contributed by atoms with van der Waals surface area (Å²) in [6.07, 6.45) is 19.2. The molecule has 1 fully saturated rings. The quantitative estimate of drug-likeness (QED) is 0.477. The van der Waals surface area contributed by atoms with Crippen molar-refractivity contribution in [3.63, 3.8) is 0 Å². The van der Waals surface area contributed by atoms with Gasteiger partial charge in [-0.05, 0) is 74.0 Å². The molecule has 0 radical (unpaired) electrons. The van der Waals surface area contributed by atoms with E-state index in [-0.39, 0.29) is 0 Å². The molecule has 0 saturated heterocycles. The first kappa shape index (κ1) is 19.2. The molecule has 140 valence electrons. The smallest absolute Gasteiger partial charge is 0.0991 e. The van der Waals surface area contributed by atoms with E-state index in [4.69, 9.17) is 5.26 Å². The fraction of sp³-hybridized carbons (Fsp3) is 0.640. The van der Waals surface area contributed by atoms with Gasteiger partial charge in [0.2, 0.25) is 0 Å². The first-order valence-electron chi connectivity index (χ1n) is 10.9. The van der Waals surface area contributed by atoms with Gasteiger partial charge in [-0.15, -0.1) is 0 Å². The summed E-state index contributed by atoms with van der Waals surface area (Å²) in [5.74, 6) is 3.00. The molecule has 1 aromatic carbocycles. The van der Waals surface area contributed by atoms with Gasteiger partial charge in [-0.3, -0.25) is 0 Å². The van der Waals surface area contributed by atoms with Gasteiger partial charge in [0.15, 0.2) is 0 Å². The van der Waals surface area contributed by atoms with E-state index in [9.17, 15) is 0 Å². The van der Waals surface area contributed by atoms with Crippen molar-refractivity contribution in [1.82, 2.24) is 0 Å². The predicted octanol–water partition coefficient (Wildman–Crippen LogP) is 7.21. The van der Waals surface area contributed by atoms with Crippen LogP contribution >= 0.6 is 0 Å². The number of hydrogen-bond acceptors (Lipinski definition) is 1. The summed E-state index contributed by atoms with van der Waals surface area (Å²) in [5, 5.41) is 8.88. The zero-order valence-electron chi connectivity index (χ0n) is 16.6. The molecule has 1 heteroatoms. The first-order valence-corrected chi connectivity index (χ1v) is 10.9. The molecule has 1 nitrogen and oxygen atoms in total. The summed E-state index contributed by atoms with van der Waals surface area (Å²) in [7, 11) is 0. The molecular formula is C25H35N.